The van der Waals surface area contributed by atoms with Crippen LogP contribution in [-0.2, 0) is 11.0 Å². The number of nitrogens with one attached hydrogen (secondary N) is 1. The maximum absolute atomic E-state index is 12.8. The van der Waals surface area contributed by atoms with Gasteiger partial charge in [-0.3, -0.25) is 4.79 Å². The highest BCUT2D eigenvalue weighted by molar-refractivity contribution is 6.01. The second-order valence-electron chi connectivity index (χ2n) is 6.17. The number of amides is 1. The van der Waals surface area contributed by atoms with Crippen LogP contribution in [0.15, 0.2) is 60.7 Å². The lowest BCUT2D eigenvalue weighted by Gasteiger charge is -2.28. The smallest absolute Gasteiger partial charge is 0.326 e. The van der Waals surface area contributed by atoms with Crippen LogP contribution in [-0.4, -0.2) is 5.91 Å². The number of hydrogen-bond donors (Lipinski definition) is 1. The van der Waals surface area contributed by atoms with Gasteiger partial charge >= 0.3 is 6.18 Å². The third kappa shape index (κ3) is 2.76. The Bertz CT molecular complexity index is 961. The summed E-state index contributed by atoms with van der Waals surface area (Å²) in [5.41, 5.74) is 1.70. The molecule has 1 heterocycles. The summed E-state index contributed by atoms with van der Waals surface area (Å²) in [6.07, 6.45) is -4.15. The predicted octanol–water partition coefficient (Wildman–Crippen LogP) is 5.33. The predicted molar refractivity (Wildman–Crippen MR) is 90.5 cm³/mol. The summed E-state index contributed by atoms with van der Waals surface area (Å²) in [6, 6.07) is 16.7. The van der Waals surface area contributed by atoms with E-state index in [-0.39, 0.29) is 18.2 Å². The fourth-order valence-corrected chi connectivity index (χ4v) is 3.46. The van der Waals surface area contributed by atoms with Gasteiger partial charge in [-0.2, -0.15) is 13.2 Å². The maximum Gasteiger partial charge on any atom is 0.416 e. The molecule has 25 heavy (non-hydrogen) atoms. The van der Waals surface area contributed by atoms with Gasteiger partial charge in [0.2, 0.25) is 5.91 Å². The molecule has 126 valence electrons. The van der Waals surface area contributed by atoms with Crippen LogP contribution in [0.2, 0.25) is 0 Å². The largest absolute Gasteiger partial charge is 0.416 e. The van der Waals surface area contributed by atoms with E-state index in [0.717, 1.165) is 34.2 Å². The molecule has 0 spiro atoms. The van der Waals surface area contributed by atoms with E-state index in [1.807, 2.05) is 36.4 Å². The molecule has 1 unspecified atom stereocenters. The van der Waals surface area contributed by atoms with E-state index in [2.05, 4.69) is 5.32 Å². The summed E-state index contributed by atoms with van der Waals surface area (Å²) in [4.78, 5) is 12.1. The molecule has 3 aromatic carbocycles. The monoisotopic (exact) mass is 341 g/mol. The van der Waals surface area contributed by atoms with Crippen molar-refractivity contribution < 1.29 is 18.0 Å². The van der Waals surface area contributed by atoms with Crippen molar-refractivity contribution in [3.8, 4) is 0 Å². The molecule has 1 atom stereocenters. The molecule has 2 nitrogen and oxygen atoms in total. The minimum absolute atomic E-state index is 0.132. The van der Waals surface area contributed by atoms with E-state index in [1.54, 1.807) is 0 Å². The van der Waals surface area contributed by atoms with E-state index in [1.165, 1.54) is 12.1 Å². The van der Waals surface area contributed by atoms with Crippen molar-refractivity contribution in [2.75, 3.05) is 5.32 Å². The van der Waals surface area contributed by atoms with E-state index >= 15 is 0 Å². The molecular weight excluding hydrogens is 327 g/mol. The molecule has 0 saturated heterocycles. The quantitative estimate of drug-likeness (QED) is 0.636. The molecule has 5 heteroatoms. The van der Waals surface area contributed by atoms with Gasteiger partial charge in [0.25, 0.3) is 0 Å². The van der Waals surface area contributed by atoms with E-state index < -0.39 is 11.7 Å². The molecule has 0 radical (unpaired) electrons. The average Bonchev–Trinajstić information content (AvgIpc) is 2.60. The number of hydrogen-bond acceptors (Lipinski definition) is 1. The van der Waals surface area contributed by atoms with Gasteiger partial charge in [0.15, 0.2) is 0 Å². The first kappa shape index (κ1) is 15.7. The van der Waals surface area contributed by atoms with Crippen LogP contribution in [0.1, 0.15) is 29.0 Å². The number of anilines is 1. The van der Waals surface area contributed by atoms with Gasteiger partial charge in [-0.15, -0.1) is 0 Å². The van der Waals surface area contributed by atoms with E-state index in [9.17, 15) is 18.0 Å². The lowest BCUT2D eigenvalue weighted by atomic mass is 9.82. The van der Waals surface area contributed by atoms with Crippen LogP contribution < -0.4 is 5.32 Å². The summed E-state index contributed by atoms with van der Waals surface area (Å²) in [5, 5.41) is 4.91. The molecule has 0 saturated carbocycles. The zero-order valence-corrected chi connectivity index (χ0v) is 13.1. The summed E-state index contributed by atoms with van der Waals surface area (Å²) >= 11 is 0. The molecule has 0 aliphatic carbocycles. The standard InChI is InChI=1S/C20H14F3NO/c21-20(22,23)14-8-5-13(6-9-14)16-11-18(25)24-17-10-7-12-3-1-2-4-15(12)19(16)17/h1-10,16H,11H2,(H,24,25). The highest BCUT2D eigenvalue weighted by Crippen LogP contribution is 2.42. The molecule has 0 bridgehead atoms. The molecule has 0 aromatic heterocycles. The highest BCUT2D eigenvalue weighted by Gasteiger charge is 2.32. The Labute approximate surface area is 142 Å². The Kier molecular flexibility index (Phi) is 3.53. The third-order valence-corrected chi connectivity index (χ3v) is 4.62. The molecule has 1 amide bonds. The number of alkyl halides is 3. The Balaban J connectivity index is 1.87. The molecule has 4 rings (SSSR count). The van der Waals surface area contributed by atoms with E-state index in [0.29, 0.717) is 5.56 Å². The number of carbonyl (C=O) groups is 1. The van der Waals surface area contributed by atoms with Crippen molar-refractivity contribution in [3.05, 3.63) is 77.4 Å². The number of benzene rings is 3. The molecule has 1 aliphatic rings. The van der Waals surface area contributed by atoms with Crippen molar-refractivity contribution >= 4 is 22.4 Å². The Morgan fingerprint density at radius 1 is 0.920 bits per heavy atom. The maximum atomic E-state index is 12.8. The van der Waals surface area contributed by atoms with Crippen LogP contribution >= 0.6 is 0 Å². The van der Waals surface area contributed by atoms with Gasteiger partial charge in [0, 0.05) is 18.0 Å². The summed E-state index contributed by atoms with van der Waals surface area (Å²) in [6.45, 7) is 0. The van der Waals surface area contributed by atoms with Gasteiger partial charge in [0.05, 0.1) is 5.56 Å². The van der Waals surface area contributed by atoms with Gasteiger partial charge < -0.3 is 5.32 Å². The molecule has 3 aromatic rings. The summed E-state index contributed by atoms with van der Waals surface area (Å²) < 4.78 is 38.4. The van der Waals surface area contributed by atoms with Gasteiger partial charge in [-0.1, -0.05) is 42.5 Å². The number of rotatable bonds is 1. The summed E-state index contributed by atoms with van der Waals surface area (Å²) in [7, 11) is 0. The Morgan fingerprint density at radius 3 is 2.36 bits per heavy atom. The van der Waals surface area contributed by atoms with Crippen LogP contribution in [0.4, 0.5) is 18.9 Å². The SMILES string of the molecule is O=C1CC(c2ccc(C(F)(F)F)cc2)c2c(ccc3ccccc23)N1. The first-order valence-electron chi connectivity index (χ1n) is 7.92. The second kappa shape index (κ2) is 5.62. The van der Waals surface area contributed by atoms with Crippen LogP contribution in [0.5, 0.6) is 0 Å². The van der Waals surface area contributed by atoms with Crippen LogP contribution in [0.25, 0.3) is 10.8 Å². The molecule has 0 fully saturated rings. The lowest BCUT2D eigenvalue weighted by Crippen LogP contribution is -2.23. The highest BCUT2D eigenvalue weighted by atomic mass is 19.4. The van der Waals surface area contributed by atoms with Crippen molar-refractivity contribution in [1.29, 1.82) is 0 Å². The van der Waals surface area contributed by atoms with Crippen molar-refractivity contribution in [2.24, 2.45) is 0 Å². The zero-order chi connectivity index (χ0) is 17.6. The molecular formula is C20H14F3NO. The minimum Gasteiger partial charge on any atom is -0.326 e. The van der Waals surface area contributed by atoms with Gasteiger partial charge in [-0.05, 0) is 40.1 Å². The Hall–Kier alpha value is -2.82. The lowest BCUT2D eigenvalue weighted by molar-refractivity contribution is -0.137. The number of carbonyl (C=O) groups excluding carboxylic acids is 1. The number of fused-ring (bicyclic) bond motifs is 3. The molecule has 1 aliphatic heterocycles. The fourth-order valence-electron chi connectivity index (χ4n) is 3.46. The van der Waals surface area contributed by atoms with Gasteiger partial charge in [0.1, 0.15) is 0 Å². The first-order valence-corrected chi connectivity index (χ1v) is 7.92. The minimum atomic E-state index is -4.37. The van der Waals surface area contributed by atoms with Crippen molar-refractivity contribution in [1.82, 2.24) is 0 Å². The van der Waals surface area contributed by atoms with Crippen LogP contribution in [0.3, 0.4) is 0 Å². The van der Waals surface area contributed by atoms with Gasteiger partial charge in [-0.25, -0.2) is 0 Å². The van der Waals surface area contributed by atoms with Crippen molar-refractivity contribution in [3.63, 3.8) is 0 Å². The first-order chi connectivity index (χ1) is 11.9. The fraction of sp³-hybridized carbons (Fsp3) is 0.150. The summed E-state index contributed by atoms with van der Waals surface area (Å²) in [5.74, 6) is -0.398. The zero-order valence-electron chi connectivity index (χ0n) is 13.1. The number of halogens is 3. The second-order valence-corrected chi connectivity index (χ2v) is 6.17. The molecule has 1 N–H and O–H groups in total. The Morgan fingerprint density at radius 2 is 1.64 bits per heavy atom. The van der Waals surface area contributed by atoms with E-state index in [4.69, 9.17) is 0 Å². The average molecular weight is 341 g/mol. The van der Waals surface area contributed by atoms with Crippen molar-refractivity contribution in [2.45, 2.75) is 18.5 Å². The normalized spacial score (nSPS) is 17.2. The topological polar surface area (TPSA) is 29.1 Å². The third-order valence-electron chi connectivity index (χ3n) is 4.62. The van der Waals surface area contributed by atoms with Crippen LogP contribution in [0, 0.1) is 0 Å².